The molecule has 1 unspecified atom stereocenters. The Hall–Kier alpha value is -1.30. The number of nitrogens with zero attached hydrogens (tertiary/aromatic N) is 3. The number of anilines is 1. The zero-order chi connectivity index (χ0) is 14.8. The average molecular weight is 327 g/mol. The molecule has 0 saturated heterocycles. The Morgan fingerprint density at radius 3 is 2.67 bits per heavy atom. The Bertz CT molecular complexity index is 585. The Labute approximate surface area is 132 Å². The van der Waals surface area contributed by atoms with Crippen molar-refractivity contribution in [3.8, 4) is 0 Å². The molecule has 3 rings (SSSR count). The third-order valence-electron chi connectivity index (χ3n) is 3.84. The first-order valence-corrected chi connectivity index (χ1v) is 7.58. The highest BCUT2D eigenvalue weighted by Crippen LogP contribution is 2.34. The maximum atomic E-state index is 10.2. The van der Waals surface area contributed by atoms with Crippen molar-refractivity contribution in [1.82, 2.24) is 14.5 Å². The monoisotopic (exact) mass is 326 g/mol. The third kappa shape index (κ3) is 3.31. The van der Waals surface area contributed by atoms with Crippen LogP contribution in [0.15, 0.2) is 31.1 Å². The Balaban J connectivity index is 1.66. The highest BCUT2D eigenvalue weighted by molar-refractivity contribution is 6.38. The molecular weight excluding hydrogens is 311 g/mol. The van der Waals surface area contributed by atoms with E-state index in [0.29, 0.717) is 21.7 Å². The zero-order valence-corrected chi connectivity index (χ0v) is 12.8. The lowest BCUT2D eigenvalue weighted by Gasteiger charge is -2.19. The number of nitrogens with one attached hydrogen (secondary N) is 1. The standard InChI is InChI=1S/C14H16Cl2N4O/c15-10-5-18-6-11(16)14(10)19-12-3-9(4-13(12)21)7-20-2-1-17-8-20/h1-2,5-6,8-9,12-13,21H,3-4,7H2,(H,18,19)/t9?,12-,13-/m1/s1. The van der Waals surface area contributed by atoms with Crippen molar-refractivity contribution in [2.45, 2.75) is 31.5 Å². The van der Waals surface area contributed by atoms with Gasteiger partial charge in [0.15, 0.2) is 0 Å². The molecular formula is C14H16Cl2N4O. The van der Waals surface area contributed by atoms with Gasteiger partial charge in [-0.2, -0.15) is 0 Å². The number of aliphatic hydroxyl groups excluding tert-OH is 1. The van der Waals surface area contributed by atoms with E-state index in [4.69, 9.17) is 23.2 Å². The average Bonchev–Trinajstić information content (AvgIpc) is 3.05. The van der Waals surface area contributed by atoms with E-state index < -0.39 is 6.10 Å². The van der Waals surface area contributed by atoms with Crippen LogP contribution in [0.25, 0.3) is 0 Å². The van der Waals surface area contributed by atoms with E-state index in [9.17, 15) is 5.11 Å². The van der Waals surface area contributed by atoms with Crippen LogP contribution in [0.3, 0.4) is 0 Å². The minimum absolute atomic E-state index is 0.0593. The van der Waals surface area contributed by atoms with Gasteiger partial charge >= 0.3 is 0 Å². The van der Waals surface area contributed by atoms with E-state index in [-0.39, 0.29) is 6.04 Å². The molecule has 112 valence electrons. The summed E-state index contributed by atoms with van der Waals surface area (Å²) in [5, 5.41) is 14.4. The van der Waals surface area contributed by atoms with Gasteiger partial charge in [0.25, 0.3) is 0 Å². The molecule has 2 N–H and O–H groups in total. The third-order valence-corrected chi connectivity index (χ3v) is 4.41. The maximum absolute atomic E-state index is 10.2. The second-order valence-electron chi connectivity index (χ2n) is 5.39. The molecule has 0 aliphatic heterocycles. The molecule has 2 aromatic rings. The molecule has 5 nitrogen and oxygen atoms in total. The number of pyridine rings is 1. The molecule has 2 aromatic heterocycles. The van der Waals surface area contributed by atoms with E-state index in [2.05, 4.69) is 15.3 Å². The van der Waals surface area contributed by atoms with Crippen LogP contribution in [0.1, 0.15) is 12.8 Å². The molecule has 21 heavy (non-hydrogen) atoms. The van der Waals surface area contributed by atoms with Gasteiger partial charge in [0, 0.05) is 31.3 Å². The van der Waals surface area contributed by atoms with Gasteiger partial charge in [0.2, 0.25) is 0 Å². The smallest absolute Gasteiger partial charge is 0.0945 e. The van der Waals surface area contributed by atoms with Gasteiger partial charge in [-0.1, -0.05) is 23.2 Å². The van der Waals surface area contributed by atoms with Crippen molar-refractivity contribution in [2.75, 3.05) is 5.32 Å². The van der Waals surface area contributed by atoms with E-state index in [1.54, 1.807) is 24.9 Å². The SMILES string of the molecule is O[C@@H]1CC(Cn2ccnc2)C[C@H]1Nc1c(Cl)cncc1Cl. The van der Waals surface area contributed by atoms with Gasteiger partial charge in [0.1, 0.15) is 0 Å². The molecule has 1 aliphatic carbocycles. The second-order valence-corrected chi connectivity index (χ2v) is 6.21. The second kappa shape index (κ2) is 6.22. The summed E-state index contributed by atoms with van der Waals surface area (Å²) in [7, 11) is 0. The normalized spacial score (nSPS) is 25.2. The van der Waals surface area contributed by atoms with Gasteiger partial charge in [-0.25, -0.2) is 4.98 Å². The largest absolute Gasteiger partial charge is 0.391 e. The molecule has 0 spiro atoms. The van der Waals surface area contributed by atoms with Crippen molar-refractivity contribution in [3.05, 3.63) is 41.2 Å². The molecule has 0 bridgehead atoms. The summed E-state index contributed by atoms with van der Waals surface area (Å²) in [6.07, 6.45) is 9.76. The predicted molar refractivity (Wildman–Crippen MR) is 82.6 cm³/mol. The summed E-state index contributed by atoms with van der Waals surface area (Å²) in [6.45, 7) is 0.854. The van der Waals surface area contributed by atoms with Crippen molar-refractivity contribution >= 4 is 28.9 Å². The van der Waals surface area contributed by atoms with Crippen molar-refractivity contribution < 1.29 is 5.11 Å². The van der Waals surface area contributed by atoms with E-state index in [1.807, 2.05) is 10.8 Å². The molecule has 1 saturated carbocycles. The van der Waals surface area contributed by atoms with Crippen LogP contribution in [-0.4, -0.2) is 31.8 Å². The fraction of sp³-hybridized carbons (Fsp3) is 0.429. The number of halogens is 2. The van der Waals surface area contributed by atoms with Crippen molar-refractivity contribution in [1.29, 1.82) is 0 Å². The summed E-state index contributed by atoms with van der Waals surface area (Å²) in [4.78, 5) is 7.96. The molecule has 0 aromatic carbocycles. The maximum Gasteiger partial charge on any atom is 0.0945 e. The van der Waals surface area contributed by atoms with Crippen LogP contribution in [-0.2, 0) is 6.54 Å². The first-order chi connectivity index (χ1) is 10.1. The van der Waals surface area contributed by atoms with Crippen LogP contribution in [0.5, 0.6) is 0 Å². The lowest BCUT2D eigenvalue weighted by Crippen LogP contribution is -2.28. The van der Waals surface area contributed by atoms with Crippen LogP contribution >= 0.6 is 23.2 Å². The van der Waals surface area contributed by atoms with Crippen molar-refractivity contribution in [3.63, 3.8) is 0 Å². The summed E-state index contributed by atoms with van der Waals surface area (Å²) in [5.41, 5.74) is 0.640. The quantitative estimate of drug-likeness (QED) is 0.906. The van der Waals surface area contributed by atoms with Crippen LogP contribution in [0, 0.1) is 5.92 Å². The molecule has 3 atom stereocenters. The number of aliphatic hydroxyl groups is 1. The summed E-state index contributed by atoms with van der Waals surface area (Å²) in [5.74, 6) is 0.395. The molecule has 7 heteroatoms. The lowest BCUT2D eigenvalue weighted by molar-refractivity contribution is 0.166. The molecule has 1 fully saturated rings. The highest BCUT2D eigenvalue weighted by atomic mass is 35.5. The Morgan fingerprint density at radius 1 is 1.24 bits per heavy atom. The van der Waals surface area contributed by atoms with Gasteiger partial charge in [-0.15, -0.1) is 0 Å². The first kappa shape index (κ1) is 14.6. The lowest BCUT2D eigenvalue weighted by atomic mass is 10.1. The molecule has 0 amide bonds. The van der Waals surface area contributed by atoms with Crippen LogP contribution in [0.4, 0.5) is 5.69 Å². The minimum atomic E-state index is -0.418. The van der Waals surface area contributed by atoms with Crippen LogP contribution in [0.2, 0.25) is 10.0 Å². The number of hydrogen-bond acceptors (Lipinski definition) is 4. The Kier molecular flexibility index (Phi) is 4.33. The van der Waals surface area contributed by atoms with Gasteiger partial charge in [-0.3, -0.25) is 4.98 Å². The topological polar surface area (TPSA) is 63.0 Å². The summed E-state index contributed by atoms with van der Waals surface area (Å²) in [6, 6.07) is -0.0593. The molecule has 0 radical (unpaired) electrons. The fourth-order valence-electron chi connectivity index (χ4n) is 2.85. The number of hydrogen-bond donors (Lipinski definition) is 2. The van der Waals surface area contributed by atoms with Gasteiger partial charge in [0.05, 0.1) is 34.2 Å². The molecule has 2 heterocycles. The number of aromatic nitrogens is 3. The van der Waals surface area contributed by atoms with E-state index in [1.165, 1.54) is 0 Å². The summed E-state index contributed by atoms with van der Waals surface area (Å²) < 4.78 is 2.03. The van der Waals surface area contributed by atoms with Crippen molar-refractivity contribution in [2.24, 2.45) is 5.92 Å². The van der Waals surface area contributed by atoms with E-state index >= 15 is 0 Å². The predicted octanol–water partition coefficient (Wildman–Crippen LogP) is 2.84. The zero-order valence-electron chi connectivity index (χ0n) is 11.3. The first-order valence-electron chi connectivity index (χ1n) is 6.83. The van der Waals surface area contributed by atoms with Gasteiger partial charge < -0.3 is 15.0 Å². The van der Waals surface area contributed by atoms with Crippen LogP contribution < -0.4 is 5.32 Å². The molecule has 1 aliphatic rings. The highest BCUT2D eigenvalue weighted by Gasteiger charge is 2.33. The van der Waals surface area contributed by atoms with Gasteiger partial charge in [-0.05, 0) is 18.8 Å². The minimum Gasteiger partial charge on any atom is -0.391 e. The number of imidazole rings is 1. The fourth-order valence-corrected chi connectivity index (χ4v) is 3.32. The Morgan fingerprint density at radius 2 is 2.00 bits per heavy atom. The summed E-state index contributed by atoms with van der Waals surface area (Å²) >= 11 is 12.2. The number of rotatable bonds is 4. The van der Waals surface area contributed by atoms with E-state index in [0.717, 1.165) is 19.4 Å².